The zero-order valence-corrected chi connectivity index (χ0v) is 10.3. The molecule has 90 valence electrons. The van der Waals surface area contributed by atoms with Gasteiger partial charge in [-0.05, 0) is 30.5 Å². The van der Waals surface area contributed by atoms with Crippen LogP contribution >= 0.6 is 24.8 Å². The number of carbonyl (C=O) groups is 1. The minimum absolute atomic E-state index is 0. The van der Waals surface area contributed by atoms with E-state index in [0.29, 0.717) is 5.56 Å². The summed E-state index contributed by atoms with van der Waals surface area (Å²) in [6, 6.07) is 5.65. The number of halogens is 2. The van der Waals surface area contributed by atoms with Crippen LogP contribution < -0.4 is 16.6 Å². The number of hydrogen-bond donors (Lipinski definition) is 3. The lowest BCUT2D eigenvalue weighted by Gasteiger charge is -2.20. The van der Waals surface area contributed by atoms with Gasteiger partial charge in [0.2, 0.25) is 0 Å². The van der Waals surface area contributed by atoms with Crippen LogP contribution in [0.25, 0.3) is 0 Å². The monoisotopic (exact) mass is 263 g/mol. The van der Waals surface area contributed by atoms with Crippen molar-refractivity contribution in [3.63, 3.8) is 0 Å². The Balaban J connectivity index is 0.00000112. The number of nitrogens with one attached hydrogen (secondary N) is 2. The van der Waals surface area contributed by atoms with Gasteiger partial charge in [-0.2, -0.15) is 0 Å². The quantitative estimate of drug-likeness (QED) is 0.409. The molecule has 1 aromatic carbocycles. The van der Waals surface area contributed by atoms with Crippen molar-refractivity contribution in [1.82, 2.24) is 5.43 Å². The number of hydrazine groups is 1. The summed E-state index contributed by atoms with van der Waals surface area (Å²) >= 11 is 0. The molecule has 0 aromatic heterocycles. The van der Waals surface area contributed by atoms with Crippen molar-refractivity contribution in [2.45, 2.75) is 12.8 Å². The van der Waals surface area contributed by atoms with E-state index in [1.165, 1.54) is 0 Å². The van der Waals surface area contributed by atoms with Crippen molar-refractivity contribution in [2.24, 2.45) is 5.84 Å². The summed E-state index contributed by atoms with van der Waals surface area (Å²) in [5.41, 5.74) is 4.97. The van der Waals surface area contributed by atoms with Crippen molar-refractivity contribution in [1.29, 1.82) is 0 Å². The summed E-state index contributed by atoms with van der Waals surface area (Å²) in [7, 11) is 0. The van der Waals surface area contributed by atoms with Gasteiger partial charge in [0.15, 0.2) is 0 Å². The molecule has 16 heavy (non-hydrogen) atoms. The summed E-state index contributed by atoms with van der Waals surface area (Å²) in [5.74, 6) is 4.90. The molecule has 0 saturated heterocycles. The van der Waals surface area contributed by atoms with E-state index in [-0.39, 0.29) is 30.7 Å². The molecule has 4 nitrogen and oxygen atoms in total. The van der Waals surface area contributed by atoms with E-state index in [1.807, 2.05) is 12.1 Å². The fraction of sp³-hybridized carbons (Fsp3) is 0.300. The van der Waals surface area contributed by atoms with Crippen LogP contribution in [0.2, 0.25) is 0 Å². The second-order valence-corrected chi connectivity index (χ2v) is 3.34. The summed E-state index contributed by atoms with van der Waals surface area (Å²) < 4.78 is 0. The third kappa shape index (κ3) is 2.78. The third-order valence-electron chi connectivity index (χ3n) is 2.47. The number of anilines is 1. The molecule has 1 aromatic rings. The summed E-state index contributed by atoms with van der Waals surface area (Å²) in [6.45, 7) is 0.973. The Hall–Kier alpha value is -0.970. The van der Waals surface area contributed by atoms with Crippen LogP contribution in [0.3, 0.4) is 0 Å². The predicted molar refractivity (Wildman–Crippen MR) is 69.4 cm³/mol. The minimum Gasteiger partial charge on any atom is -0.385 e. The fourth-order valence-corrected chi connectivity index (χ4v) is 1.80. The van der Waals surface area contributed by atoms with E-state index in [0.717, 1.165) is 30.6 Å². The predicted octanol–water partition coefficient (Wildman–Crippen LogP) is 1.49. The number of hydrogen-bond acceptors (Lipinski definition) is 3. The Morgan fingerprint density at radius 2 is 2.12 bits per heavy atom. The lowest BCUT2D eigenvalue weighted by molar-refractivity contribution is 0.0952. The standard InChI is InChI=1S/C10H13N3O.2ClH/c11-13-10(14)8-3-1-5-9-7(8)4-2-6-12-9;;/h1,3,5,12H,2,4,6,11H2,(H,13,14);2*1H. The largest absolute Gasteiger partial charge is 0.385 e. The third-order valence-corrected chi connectivity index (χ3v) is 2.47. The normalized spacial score (nSPS) is 12.3. The Kier molecular flexibility index (Phi) is 6.18. The molecule has 1 aliphatic heterocycles. The van der Waals surface area contributed by atoms with Gasteiger partial charge in [0.25, 0.3) is 5.91 Å². The van der Waals surface area contributed by atoms with Crippen LogP contribution in [0.4, 0.5) is 5.69 Å². The molecule has 0 unspecified atom stereocenters. The van der Waals surface area contributed by atoms with Crippen LogP contribution in [0.15, 0.2) is 18.2 Å². The zero-order valence-electron chi connectivity index (χ0n) is 8.66. The molecule has 4 N–H and O–H groups in total. The summed E-state index contributed by atoms with van der Waals surface area (Å²) in [6.07, 6.45) is 1.99. The van der Waals surface area contributed by atoms with E-state index < -0.39 is 0 Å². The molecule has 0 spiro atoms. The maximum absolute atomic E-state index is 11.4. The molecule has 0 bridgehead atoms. The first-order chi connectivity index (χ1) is 6.83. The van der Waals surface area contributed by atoms with Crippen LogP contribution in [0, 0.1) is 0 Å². The number of benzene rings is 1. The molecule has 0 aliphatic carbocycles. The highest BCUT2D eigenvalue weighted by molar-refractivity contribution is 5.96. The molecule has 6 heteroatoms. The lowest BCUT2D eigenvalue weighted by Crippen LogP contribution is -2.31. The maximum atomic E-state index is 11.4. The lowest BCUT2D eigenvalue weighted by atomic mass is 9.97. The van der Waals surface area contributed by atoms with E-state index in [4.69, 9.17) is 5.84 Å². The van der Waals surface area contributed by atoms with Gasteiger partial charge in [-0.15, -0.1) is 24.8 Å². The number of amides is 1. The highest BCUT2D eigenvalue weighted by atomic mass is 35.5. The van der Waals surface area contributed by atoms with Gasteiger partial charge < -0.3 is 5.32 Å². The van der Waals surface area contributed by atoms with E-state index >= 15 is 0 Å². The first-order valence-corrected chi connectivity index (χ1v) is 4.69. The molecule has 1 heterocycles. The van der Waals surface area contributed by atoms with Crippen molar-refractivity contribution in [3.8, 4) is 0 Å². The molecule has 2 rings (SSSR count). The first-order valence-electron chi connectivity index (χ1n) is 4.69. The highest BCUT2D eigenvalue weighted by Gasteiger charge is 2.15. The molecule has 0 radical (unpaired) electrons. The van der Waals surface area contributed by atoms with Crippen LogP contribution in [-0.2, 0) is 6.42 Å². The topological polar surface area (TPSA) is 67.1 Å². The van der Waals surface area contributed by atoms with E-state index in [9.17, 15) is 4.79 Å². The minimum atomic E-state index is -0.217. The van der Waals surface area contributed by atoms with E-state index in [1.54, 1.807) is 6.07 Å². The average Bonchev–Trinajstić information content (AvgIpc) is 2.27. The molecule has 0 saturated carbocycles. The fourth-order valence-electron chi connectivity index (χ4n) is 1.80. The smallest absolute Gasteiger partial charge is 0.265 e. The molecule has 0 fully saturated rings. The van der Waals surface area contributed by atoms with Gasteiger partial charge >= 0.3 is 0 Å². The molecule has 0 atom stereocenters. The Bertz CT molecular complexity index is 371. The number of nitrogen functional groups attached to an aromatic ring is 1. The van der Waals surface area contributed by atoms with Crippen molar-refractivity contribution in [2.75, 3.05) is 11.9 Å². The van der Waals surface area contributed by atoms with Gasteiger partial charge in [0.1, 0.15) is 0 Å². The van der Waals surface area contributed by atoms with Gasteiger partial charge in [0, 0.05) is 17.8 Å². The number of fused-ring (bicyclic) bond motifs is 1. The number of rotatable bonds is 1. The van der Waals surface area contributed by atoms with E-state index in [2.05, 4.69) is 10.7 Å². The Morgan fingerprint density at radius 3 is 2.81 bits per heavy atom. The number of carbonyl (C=O) groups excluding carboxylic acids is 1. The summed E-state index contributed by atoms with van der Waals surface area (Å²) in [4.78, 5) is 11.4. The Morgan fingerprint density at radius 1 is 1.38 bits per heavy atom. The molecular formula is C10H15Cl2N3O. The average molecular weight is 264 g/mol. The number of nitrogens with two attached hydrogens (primary N) is 1. The molecule has 1 amide bonds. The molecule has 1 aliphatic rings. The van der Waals surface area contributed by atoms with Gasteiger partial charge in [-0.25, -0.2) is 5.84 Å². The van der Waals surface area contributed by atoms with Crippen LogP contribution in [0.5, 0.6) is 0 Å². The van der Waals surface area contributed by atoms with Crippen molar-refractivity contribution in [3.05, 3.63) is 29.3 Å². The second kappa shape index (κ2) is 6.58. The van der Waals surface area contributed by atoms with Crippen LogP contribution in [0.1, 0.15) is 22.3 Å². The summed E-state index contributed by atoms with van der Waals surface area (Å²) in [5, 5.41) is 3.26. The van der Waals surface area contributed by atoms with Gasteiger partial charge in [-0.1, -0.05) is 6.07 Å². The zero-order chi connectivity index (χ0) is 9.97. The van der Waals surface area contributed by atoms with Crippen molar-refractivity contribution < 1.29 is 4.79 Å². The van der Waals surface area contributed by atoms with Gasteiger partial charge in [0.05, 0.1) is 0 Å². The maximum Gasteiger partial charge on any atom is 0.265 e. The van der Waals surface area contributed by atoms with Crippen molar-refractivity contribution >= 4 is 36.4 Å². The van der Waals surface area contributed by atoms with Crippen LogP contribution in [-0.4, -0.2) is 12.5 Å². The molecular weight excluding hydrogens is 249 g/mol. The Labute approximate surface area is 107 Å². The highest BCUT2D eigenvalue weighted by Crippen LogP contribution is 2.24. The first kappa shape index (κ1) is 15.0. The SMILES string of the molecule is Cl.Cl.NNC(=O)c1cccc2c1CCCN2. The van der Waals surface area contributed by atoms with Gasteiger partial charge in [-0.3, -0.25) is 10.2 Å². The second-order valence-electron chi connectivity index (χ2n) is 3.34.